The Bertz CT molecular complexity index is 608. The van der Waals surface area contributed by atoms with Crippen LogP contribution in [0, 0.1) is 0 Å². The molecule has 0 atom stereocenters. The smallest absolute Gasteiger partial charge is 0.252 e. The Morgan fingerprint density at radius 3 is 2.38 bits per heavy atom. The molecule has 0 aliphatic heterocycles. The molecule has 2 aromatic rings. The summed E-state index contributed by atoms with van der Waals surface area (Å²) in [4.78, 5) is 14.1. The van der Waals surface area contributed by atoms with Gasteiger partial charge < -0.3 is 10.2 Å². The Balaban J connectivity index is 1.87. The van der Waals surface area contributed by atoms with Gasteiger partial charge in [-0.05, 0) is 52.2 Å². The second kappa shape index (κ2) is 7.27. The van der Waals surface area contributed by atoms with E-state index >= 15 is 0 Å². The molecule has 0 saturated heterocycles. The van der Waals surface area contributed by atoms with Gasteiger partial charge in [-0.25, -0.2) is 0 Å². The molecule has 0 aromatic heterocycles. The molecule has 2 aromatic carbocycles. The number of hydrogen-bond donors (Lipinski definition) is 1. The van der Waals surface area contributed by atoms with E-state index < -0.39 is 0 Å². The van der Waals surface area contributed by atoms with Crippen molar-refractivity contribution < 1.29 is 4.79 Å². The lowest BCUT2D eigenvalue weighted by Gasteiger charge is -2.12. The highest BCUT2D eigenvalue weighted by atomic mass is 79.9. The minimum Gasteiger partial charge on any atom is -0.378 e. The summed E-state index contributed by atoms with van der Waals surface area (Å²) >= 11 is 3.39. The zero-order valence-electron chi connectivity index (χ0n) is 12.3. The molecule has 0 spiro atoms. The van der Waals surface area contributed by atoms with Crippen LogP contribution >= 0.6 is 15.9 Å². The highest BCUT2D eigenvalue weighted by molar-refractivity contribution is 9.10. The zero-order chi connectivity index (χ0) is 15.2. The van der Waals surface area contributed by atoms with Crippen LogP contribution in [0.25, 0.3) is 0 Å². The number of carbonyl (C=O) groups excluding carboxylic acids is 1. The highest BCUT2D eigenvalue weighted by Crippen LogP contribution is 2.15. The normalized spacial score (nSPS) is 10.2. The van der Waals surface area contributed by atoms with Crippen LogP contribution in [0.15, 0.2) is 53.0 Å². The first-order chi connectivity index (χ1) is 10.1. The van der Waals surface area contributed by atoms with E-state index in [2.05, 4.69) is 50.4 Å². The molecule has 0 aliphatic rings. The summed E-state index contributed by atoms with van der Waals surface area (Å²) < 4.78 is 0.817. The average molecular weight is 347 g/mol. The maximum absolute atomic E-state index is 12.1. The van der Waals surface area contributed by atoms with Crippen LogP contribution in [0.1, 0.15) is 15.9 Å². The van der Waals surface area contributed by atoms with E-state index in [4.69, 9.17) is 0 Å². The summed E-state index contributed by atoms with van der Waals surface area (Å²) in [6, 6.07) is 15.8. The van der Waals surface area contributed by atoms with E-state index in [1.165, 1.54) is 11.3 Å². The van der Waals surface area contributed by atoms with Gasteiger partial charge in [0.05, 0.1) is 5.56 Å². The SMILES string of the molecule is CN(C)c1ccc(CCNC(=O)c2ccccc2Br)cc1. The molecule has 2 rings (SSSR count). The van der Waals surface area contributed by atoms with Gasteiger partial charge >= 0.3 is 0 Å². The molecular formula is C17H19BrN2O. The number of carbonyl (C=O) groups is 1. The molecule has 0 heterocycles. The van der Waals surface area contributed by atoms with Crippen LogP contribution in [-0.2, 0) is 6.42 Å². The van der Waals surface area contributed by atoms with Crippen molar-refractivity contribution in [1.82, 2.24) is 5.32 Å². The lowest BCUT2D eigenvalue weighted by molar-refractivity contribution is 0.0953. The highest BCUT2D eigenvalue weighted by Gasteiger charge is 2.08. The summed E-state index contributed by atoms with van der Waals surface area (Å²) in [5.74, 6) is -0.0487. The minimum atomic E-state index is -0.0487. The quantitative estimate of drug-likeness (QED) is 0.898. The van der Waals surface area contributed by atoms with Crippen molar-refractivity contribution in [3.8, 4) is 0 Å². The molecule has 1 amide bonds. The van der Waals surface area contributed by atoms with Crippen molar-refractivity contribution in [3.05, 3.63) is 64.1 Å². The Labute approximate surface area is 134 Å². The predicted molar refractivity (Wildman–Crippen MR) is 90.9 cm³/mol. The molecule has 0 radical (unpaired) electrons. The van der Waals surface area contributed by atoms with Gasteiger partial charge in [0.2, 0.25) is 0 Å². The standard InChI is InChI=1S/C17H19BrN2O/c1-20(2)14-9-7-13(8-10-14)11-12-19-17(21)15-5-3-4-6-16(15)18/h3-10H,11-12H2,1-2H3,(H,19,21). The van der Waals surface area contributed by atoms with Crippen LogP contribution in [0.3, 0.4) is 0 Å². The van der Waals surface area contributed by atoms with E-state index in [1.807, 2.05) is 38.4 Å². The molecule has 3 nitrogen and oxygen atoms in total. The molecule has 0 aliphatic carbocycles. The number of halogens is 1. The third-order valence-corrected chi connectivity index (χ3v) is 3.96. The topological polar surface area (TPSA) is 32.3 Å². The molecule has 1 N–H and O–H groups in total. The lowest BCUT2D eigenvalue weighted by Crippen LogP contribution is -2.26. The maximum Gasteiger partial charge on any atom is 0.252 e. The van der Waals surface area contributed by atoms with E-state index in [0.717, 1.165) is 10.9 Å². The van der Waals surface area contributed by atoms with Crippen molar-refractivity contribution >= 4 is 27.5 Å². The van der Waals surface area contributed by atoms with Crippen molar-refractivity contribution in [2.75, 3.05) is 25.5 Å². The molecule has 21 heavy (non-hydrogen) atoms. The molecule has 4 heteroatoms. The predicted octanol–water partition coefficient (Wildman–Crippen LogP) is 3.49. The molecule has 0 unspecified atom stereocenters. The number of amides is 1. The van der Waals surface area contributed by atoms with E-state index in [9.17, 15) is 4.79 Å². The van der Waals surface area contributed by atoms with Crippen LogP contribution in [0.2, 0.25) is 0 Å². The molecular weight excluding hydrogens is 328 g/mol. The van der Waals surface area contributed by atoms with Gasteiger partial charge in [0, 0.05) is 30.8 Å². The van der Waals surface area contributed by atoms with Gasteiger partial charge in [0.1, 0.15) is 0 Å². The Morgan fingerprint density at radius 2 is 1.76 bits per heavy atom. The number of rotatable bonds is 5. The number of hydrogen-bond acceptors (Lipinski definition) is 2. The molecule has 0 bridgehead atoms. The van der Waals surface area contributed by atoms with Crippen molar-refractivity contribution in [1.29, 1.82) is 0 Å². The number of benzene rings is 2. The van der Waals surface area contributed by atoms with Gasteiger partial charge in [-0.1, -0.05) is 24.3 Å². The lowest BCUT2D eigenvalue weighted by atomic mass is 10.1. The largest absolute Gasteiger partial charge is 0.378 e. The van der Waals surface area contributed by atoms with Gasteiger partial charge in [-0.2, -0.15) is 0 Å². The first-order valence-electron chi connectivity index (χ1n) is 6.87. The molecule has 0 fully saturated rings. The third kappa shape index (κ3) is 4.33. The first-order valence-corrected chi connectivity index (χ1v) is 7.66. The van der Waals surface area contributed by atoms with Crippen LogP contribution in [0.5, 0.6) is 0 Å². The van der Waals surface area contributed by atoms with Crippen LogP contribution in [-0.4, -0.2) is 26.5 Å². The van der Waals surface area contributed by atoms with Crippen molar-refractivity contribution in [2.45, 2.75) is 6.42 Å². The summed E-state index contributed by atoms with van der Waals surface area (Å²) in [5.41, 5.74) is 3.06. The van der Waals surface area contributed by atoms with E-state index in [1.54, 1.807) is 0 Å². The van der Waals surface area contributed by atoms with Crippen LogP contribution < -0.4 is 10.2 Å². The summed E-state index contributed by atoms with van der Waals surface area (Å²) in [6.07, 6.45) is 0.823. The number of nitrogens with one attached hydrogen (secondary N) is 1. The second-order valence-electron chi connectivity index (χ2n) is 5.05. The monoisotopic (exact) mass is 346 g/mol. The fraction of sp³-hybridized carbons (Fsp3) is 0.235. The molecule has 0 saturated carbocycles. The van der Waals surface area contributed by atoms with Gasteiger partial charge in [-0.3, -0.25) is 4.79 Å². The number of anilines is 1. The van der Waals surface area contributed by atoms with E-state index in [0.29, 0.717) is 12.1 Å². The third-order valence-electron chi connectivity index (χ3n) is 3.27. The first kappa shape index (κ1) is 15.6. The summed E-state index contributed by atoms with van der Waals surface area (Å²) in [6.45, 7) is 0.626. The maximum atomic E-state index is 12.1. The second-order valence-corrected chi connectivity index (χ2v) is 5.90. The van der Waals surface area contributed by atoms with Gasteiger partial charge in [-0.15, -0.1) is 0 Å². The average Bonchev–Trinajstić information content (AvgIpc) is 2.48. The number of nitrogens with zero attached hydrogens (tertiary/aromatic N) is 1. The van der Waals surface area contributed by atoms with Gasteiger partial charge in [0.15, 0.2) is 0 Å². The van der Waals surface area contributed by atoms with Crippen molar-refractivity contribution in [3.63, 3.8) is 0 Å². The zero-order valence-corrected chi connectivity index (χ0v) is 13.9. The Kier molecular flexibility index (Phi) is 5.39. The minimum absolute atomic E-state index is 0.0487. The summed E-state index contributed by atoms with van der Waals surface area (Å²) in [5, 5.41) is 2.95. The van der Waals surface area contributed by atoms with Crippen LogP contribution in [0.4, 0.5) is 5.69 Å². The van der Waals surface area contributed by atoms with Gasteiger partial charge in [0.25, 0.3) is 5.91 Å². The fourth-order valence-electron chi connectivity index (χ4n) is 2.02. The summed E-state index contributed by atoms with van der Waals surface area (Å²) in [7, 11) is 4.04. The fourth-order valence-corrected chi connectivity index (χ4v) is 2.49. The van der Waals surface area contributed by atoms with E-state index in [-0.39, 0.29) is 5.91 Å². The molecule has 110 valence electrons. The Morgan fingerprint density at radius 1 is 1.10 bits per heavy atom. The van der Waals surface area contributed by atoms with Crippen molar-refractivity contribution in [2.24, 2.45) is 0 Å². The Hall–Kier alpha value is -1.81.